The maximum atomic E-state index is 11.3. The summed E-state index contributed by atoms with van der Waals surface area (Å²) in [5.74, 6) is 0. The maximum Gasteiger partial charge on any atom is 0.184 e. The molecule has 0 bridgehead atoms. The van der Waals surface area contributed by atoms with Crippen molar-refractivity contribution in [2.45, 2.75) is 4.21 Å². The standard InChI is InChI=1S/C9H14N2O2S2/c1-15(12,13)9-3-2-8(14-9)11-6-4-10-5-7-11/h2-3,10H,4-7H2,1H3. The average Bonchev–Trinajstić information content (AvgIpc) is 2.67. The van der Waals surface area contributed by atoms with Crippen LogP contribution in [0, 0.1) is 0 Å². The van der Waals surface area contributed by atoms with Gasteiger partial charge in [-0.05, 0) is 12.1 Å². The van der Waals surface area contributed by atoms with Crippen LogP contribution >= 0.6 is 11.3 Å². The van der Waals surface area contributed by atoms with Crippen molar-refractivity contribution in [3.05, 3.63) is 12.1 Å². The Morgan fingerprint density at radius 3 is 2.53 bits per heavy atom. The third kappa shape index (κ3) is 2.50. The van der Waals surface area contributed by atoms with E-state index < -0.39 is 9.84 Å². The molecule has 1 saturated heterocycles. The third-order valence-corrected chi connectivity index (χ3v) is 5.33. The number of piperazine rings is 1. The topological polar surface area (TPSA) is 49.4 Å². The van der Waals surface area contributed by atoms with E-state index >= 15 is 0 Å². The second kappa shape index (κ2) is 4.11. The fourth-order valence-electron chi connectivity index (χ4n) is 1.56. The van der Waals surface area contributed by atoms with Crippen LogP contribution in [0.4, 0.5) is 5.00 Å². The summed E-state index contributed by atoms with van der Waals surface area (Å²) in [7, 11) is -3.04. The molecule has 0 aromatic carbocycles. The van der Waals surface area contributed by atoms with Crippen molar-refractivity contribution in [1.29, 1.82) is 0 Å². The van der Waals surface area contributed by atoms with E-state index in [2.05, 4.69) is 10.2 Å². The van der Waals surface area contributed by atoms with Gasteiger partial charge in [0.15, 0.2) is 9.84 Å². The molecular weight excluding hydrogens is 232 g/mol. The van der Waals surface area contributed by atoms with E-state index in [9.17, 15) is 8.42 Å². The van der Waals surface area contributed by atoms with Gasteiger partial charge in [0.1, 0.15) is 4.21 Å². The quantitative estimate of drug-likeness (QED) is 0.828. The SMILES string of the molecule is CS(=O)(=O)c1ccc(N2CCNCC2)s1. The molecule has 1 aromatic heterocycles. The van der Waals surface area contributed by atoms with Gasteiger partial charge in [-0.1, -0.05) is 0 Å². The Kier molecular flexibility index (Phi) is 2.99. The molecule has 0 spiro atoms. The number of sulfone groups is 1. The lowest BCUT2D eigenvalue weighted by atomic mass is 10.4. The van der Waals surface area contributed by atoms with Crippen molar-refractivity contribution >= 4 is 26.2 Å². The first kappa shape index (κ1) is 10.9. The zero-order valence-corrected chi connectivity index (χ0v) is 10.2. The van der Waals surface area contributed by atoms with Crippen LogP contribution in [0.25, 0.3) is 0 Å². The number of hydrogen-bond donors (Lipinski definition) is 1. The molecule has 2 rings (SSSR count). The molecule has 1 aromatic rings. The van der Waals surface area contributed by atoms with E-state index in [4.69, 9.17) is 0 Å². The van der Waals surface area contributed by atoms with Crippen molar-refractivity contribution in [2.75, 3.05) is 37.3 Å². The van der Waals surface area contributed by atoms with Gasteiger partial charge in [-0.3, -0.25) is 0 Å². The fraction of sp³-hybridized carbons (Fsp3) is 0.556. The second-order valence-electron chi connectivity index (χ2n) is 3.60. The van der Waals surface area contributed by atoms with Crippen molar-refractivity contribution in [1.82, 2.24) is 5.32 Å². The fourth-order valence-corrected chi connectivity index (χ4v) is 3.53. The van der Waals surface area contributed by atoms with E-state index in [-0.39, 0.29) is 0 Å². The molecule has 0 unspecified atom stereocenters. The molecule has 6 heteroatoms. The molecule has 15 heavy (non-hydrogen) atoms. The van der Waals surface area contributed by atoms with Crippen LogP contribution < -0.4 is 10.2 Å². The number of hydrogen-bond acceptors (Lipinski definition) is 5. The highest BCUT2D eigenvalue weighted by molar-refractivity contribution is 7.92. The number of nitrogens with zero attached hydrogens (tertiary/aromatic N) is 1. The van der Waals surface area contributed by atoms with E-state index in [1.54, 1.807) is 6.07 Å². The van der Waals surface area contributed by atoms with Gasteiger partial charge < -0.3 is 10.2 Å². The molecule has 0 aliphatic carbocycles. The third-order valence-electron chi connectivity index (χ3n) is 2.36. The number of thiophene rings is 1. The van der Waals surface area contributed by atoms with Gasteiger partial charge in [0.05, 0.1) is 5.00 Å². The van der Waals surface area contributed by atoms with Crippen LogP contribution in [0.5, 0.6) is 0 Å². The number of anilines is 1. The summed E-state index contributed by atoms with van der Waals surface area (Å²) in [5.41, 5.74) is 0. The van der Waals surface area contributed by atoms with E-state index in [0.717, 1.165) is 31.2 Å². The molecule has 1 fully saturated rings. The molecule has 0 radical (unpaired) electrons. The van der Waals surface area contributed by atoms with Crippen LogP contribution in [0.1, 0.15) is 0 Å². The van der Waals surface area contributed by atoms with Crippen molar-refractivity contribution in [3.8, 4) is 0 Å². The zero-order chi connectivity index (χ0) is 10.9. The Morgan fingerprint density at radius 1 is 1.33 bits per heavy atom. The molecule has 84 valence electrons. The Balaban J connectivity index is 2.19. The molecule has 4 nitrogen and oxygen atoms in total. The summed E-state index contributed by atoms with van der Waals surface area (Å²) < 4.78 is 23.1. The Labute approximate surface area is 93.8 Å². The summed E-state index contributed by atoms with van der Waals surface area (Å²) in [5, 5.41) is 4.32. The first-order valence-electron chi connectivity index (χ1n) is 4.83. The van der Waals surface area contributed by atoms with Crippen LogP contribution in [0.2, 0.25) is 0 Å². The normalized spacial score (nSPS) is 18.1. The summed E-state index contributed by atoms with van der Waals surface area (Å²) in [4.78, 5) is 2.22. The van der Waals surface area contributed by atoms with Gasteiger partial charge in [0, 0.05) is 32.4 Å². The molecule has 1 aliphatic rings. The molecule has 0 amide bonds. The smallest absolute Gasteiger partial charge is 0.184 e. The van der Waals surface area contributed by atoms with Gasteiger partial charge in [-0.2, -0.15) is 0 Å². The minimum absolute atomic E-state index is 0.455. The van der Waals surface area contributed by atoms with E-state index in [1.807, 2.05) is 6.07 Å². The highest BCUT2D eigenvalue weighted by atomic mass is 32.2. The van der Waals surface area contributed by atoms with Crippen LogP contribution in [-0.4, -0.2) is 40.9 Å². The van der Waals surface area contributed by atoms with Gasteiger partial charge in [0.25, 0.3) is 0 Å². The lowest BCUT2D eigenvalue weighted by molar-refractivity contribution is 0.592. The number of nitrogens with one attached hydrogen (secondary N) is 1. The van der Waals surface area contributed by atoms with Crippen molar-refractivity contribution in [2.24, 2.45) is 0 Å². The monoisotopic (exact) mass is 246 g/mol. The molecule has 0 saturated carbocycles. The van der Waals surface area contributed by atoms with E-state index in [1.165, 1.54) is 17.6 Å². The minimum Gasteiger partial charge on any atom is -0.361 e. The molecule has 0 atom stereocenters. The van der Waals surface area contributed by atoms with Crippen molar-refractivity contribution in [3.63, 3.8) is 0 Å². The predicted octanol–water partition coefficient (Wildman–Crippen LogP) is 0.561. The Bertz CT molecular complexity index is 433. The summed E-state index contributed by atoms with van der Waals surface area (Å²) in [6.07, 6.45) is 1.25. The van der Waals surface area contributed by atoms with Crippen LogP contribution in [0.15, 0.2) is 16.3 Å². The van der Waals surface area contributed by atoms with Crippen molar-refractivity contribution < 1.29 is 8.42 Å². The van der Waals surface area contributed by atoms with Gasteiger partial charge in [0.2, 0.25) is 0 Å². The van der Waals surface area contributed by atoms with Gasteiger partial charge in [-0.15, -0.1) is 11.3 Å². The predicted molar refractivity (Wildman–Crippen MR) is 62.5 cm³/mol. The maximum absolute atomic E-state index is 11.3. The highest BCUT2D eigenvalue weighted by Crippen LogP contribution is 2.29. The van der Waals surface area contributed by atoms with Gasteiger partial charge in [-0.25, -0.2) is 8.42 Å². The van der Waals surface area contributed by atoms with Crippen LogP contribution in [-0.2, 0) is 9.84 Å². The summed E-state index contributed by atoms with van der Waals surface area (Å²) in [6, 6.07) is 3.59. The molecular formula is C9H14N2O2S2. The van der Waals surface area contributed by atoms with Gasteiger partial charge >= 0.3 is 0 Å². The largest absolute Gasteiger partial charge is 0.361 e. The average molecular weight is 246 g/mol. The zero-order valence-electron chi connectivity index (χ0n) is 8.56. The molecule has 1 aliphatic heterocycles. The van der Waals surface area contributed by atoms with Crippen LogP contribution in [0.3, 0.4) is 0 Å². The first-order valence-corrected chi connectivity index (χ1v) is 7.54. The highest BCUT2D eigenvalue weighted by Gasteiger charge is 2.16. The minimum atomic E-state index is -3.04. The Hall–Kier alpha value is -0.590. The lowest BCUT2D eigenvalue weighted by Crippen LogP contribution is -2.43. The number of rotatable bonds is 2. The lowest BCUT2D eigenvalue weighted by Gasteiger charge is -2.27. The van der Waals surface area contributed by atoms with E-state index in [0.29, 0.717) is 4.21 Å². The Morgan fingerprint density at radius 2 is 2.00 bits per heavy atom. The summed E-state index contributed by atoms with van der Waals surface area (Å²) >= 11 is 1.36. The molecule has 1 N–H and O–H groups in total. The summed E-state index contributed by atoms with van der Waals surface area (Å²) in [6.45, 7) is 3.83. The molecule has 2 heterocycles. The first-order chi connectivity index (χ1) is 7.07. The second-order valence-corrected chi connectivity index (χ2v) is 6.91.